The van der Waals surface area contributed by atoms with E-state index in [0.717, 1.165) is 17.7 Å². The Morgan fingerprint density at radius 2 is 2.00 bits per heavy atom. The maximum absolute atomic E-state index is 9.98. The Labute approximate surface area is 110 Å². The highest BCUT2D eigenvalue weighted by atomic mass is 16.3. The summed E-state index contributed by atoms with van der Waals surface area (Å²) < 4.78 is 0. The van der Waals surface area contributed by atoms with Crippen LogP contribution in [0.4, 0.5) is 0 Å². The molecule has 0 bridgehead atoms. The number of benzene rings is 1. The SMILES string of the molecule is Cc1ccc(C(C)NCC2(C)CCCC2)c(O)c1. The van der Waals surface area contributed by atoms with E-state index in [1.54, 1.807) is 0 Å². The van der Waals surface area contributed by atoms with Crippen LogP contribution in [0, 0.1) is 12.3 Å². The minimum Gasteiger partial charge on any atom is -0.508 e. The predicted octanol–water partition coefficient (Wildman–Crippen LogP) is 3.93. The van der Waals surface area contributed by atoms with Gasteiger partial charge in [0.1, 0.15) is 5.75 Å². The summed E-state index contributed by atoms with van der Waals surface area (Å²) in [5.41, 5.74) is 2.56. The molecule has 18 heavy (non-hydrogen) atoms. The molecule has 2 heteroatoms. The molecule has 1 aliphatic rings. The summed E-state index contributed by atoms with van der Waals surface area (Å²) in [6, 6.07) is 6.14. The maximum atomic E-state index is 9.98. The molecule has 0 aromatic heterocycles. The molecule has 1 unspecified atom stereocenters. The summed E-state index contributed by atoms with van der Waals surface area (Å²) in [5.74, 6) is 0.409. The zero-order chi connectivity index (χ0) is 13.2. The summed E-state index contributed by atoms with van der Waals surface area (Å²) >= 11 is 0. The van der Waals surface area contributed by atoms with Crippen LogP contribution in [-0.2, 0) is 0 Å². The van der Waals surface area contributed by atoms with E-state index < -0.39 is 0 Å². The molecule has 2 nitrogen and oxygen atoms in total. The van der Waals surface area contributed by atoms with Gasteiger partial charge in [-0.05, 0) is 43.7 Å². The van der Waals surface area contributed by atoms with Gasteiger partial charge in [0, 0.05) is 18.2 Å². The Morgan fingerprint density at radius 1 is 1.33 bits per heavy atom. The van der Waals surface area contributed by atoms with Gasteiger partial charge in [0.25, 0.3) is 0 Å². The van der Waals surface area contributed by atoms with Crippen molar-refractivity contribution < 1.29 is 5.11 Å². The Morgan fingerprint density at radius 3 is 2.61 bits per heavy atom. The highest BCUT2D eigenvalue weighted by molar-refractivity contribution is 5.37. The molecule has 0 saturated heterocycles. The highest BCUT2D eigenvalue weighted by Gasteiger charge is 2.28. The molecule has 0 amide bonds. The molecule has 1 aliphatic carbocycles. The van der Waals surface area contributed by atoms with Gasteiger partial charge in [-0.2, -0.15) is 0 Å². The lowest BCUT2D eigenvalue weighted by Crippen LogP contribution is -2.31. The Hall–Kier alpha value is -1.02. The summed E-state index contributed by atoms with van der Waals surface area (Å²) in [5, 5.41) is 13.6. The quantitative estimate of drug-likeness (QED) is 0.845. The third-order valence-corrected chi connectivity index (χ3v) is 4.30. The second-order valence-electron chi connectivity index (χ2n) is 6.18. The second-order valence-corrected chi connectivity index (χ2v) is 6.18. The number of phenolic OH excluding ortho intramolecular Hbond substituents is 1. The minimum atomic E-state index is 0.211. The number of nitrogens with one attached hydrogen (secondary N) is 1. The number of phenols is 1. The van der Waals surface area contributed by atoms with E-state index in [9.17, 15) is 5.11 Å². The van der Waals surface area contributed by atoms with Gasteiger partial charge in [0.15, 0.2) is 0 Å². The molecule has 0 radical (unpaired) electrons. The Kier molecular flexibility index (Phi) is 3.96. The normalized spacial score (nSPS) is 19.9. The summed E-state index contributed by atoms with van der Waals surface area (Å²) in [7, 11) is 0. The minimum absolute atomic E-state index is 0.211. The molecule has 0 aliphatic heterocycles. The molecular formula is C16H25NO. The van der Waals surface area contributed by atoms with Gasteiger partial charge in [0.05, 0.1) is 0 Å². The molecule has 1 fully saturated rings. The van der Waals surface area contributed by atoms with Crippen LogP contribution >= 0.6 is 0 Å². The van der Waals surface area contributed by atoms with Crippen molar-refractivity contribution in [3.63, 3.8) is 0 Å². The van der Waals surface area contributed by atoms with Crippen molar-refractivity contribution in [2.24, 2.45) is 5.41 Å². The van der Waals surface area contributed by atoms with E-state index in [0.29, 0.717) is 11.2 Å². The molecule has 1 atom stereocenters. The van der Waals surface area contributed by atoms with Crippen molar-refractivity contribution in [2.45, 2.75) is 52.5 Å². The number of rotatable bonds is 4. The highest BCUT2D eigenvalue weighted by Crippen LogP contribution is 2.37. The van der Waals surface area contributed by atoms with E-state index in [1.807, 2.05) is 19.1 Å². The van der Waals surface area contributed by atoms with E-state index in [2.05, 4.69) is 25.2 Å². The number of hydrogen-bond acceptors (Lipinski definition) is 2. The summed E-state index contributed by atoms with van der Waals surface area (Å²) in [6.45, 7) is 7.54. The first-order valence-electron chi connectivity index (χ1n) is 7.03. The van der Waals surface area contributed by atoms with E-state index in [-0.39, 0.29) is 6.04 Å². The van der Waals surface area contributed by atoms with Gasteiger partial charge in [0.2, 0.25) is 0 Å². The van der Waals surface area contributed by atoms with E-state index in [4.69, 9.17) is 0 Å². The Balaban J connectivity index is 1.97. The lowest BCUT2D eigenvalue weighted by molar-refractivity contribution is 0.300. The van der Waals surface area contributed by atoms with Crippen molar-refractivity contribution >= 4 is 0 Å². The molecular weight excluding hydrogens is 222 g/mol. The monoisotopic (exact) mass is 247 g/mol. The third kappa shape index (κ3) is 3.05. The van der Waals surface area contributed by atoms with Gasteiger partial charge >= 0.3 is 0 Å². The molecule has 0 spiro atoms. The number of aromatic hydroxyl groups is 1. The van der Waals surface area contributed by atoms with Crippen molar-refractivity contribution in [3.8, 4) is 5.75 Å². The fraction of sp³-hybridized carbons (Fsp3) is 0.625. The van der Waals surface area contributed by atoms with Gasteiger partial charge in [-0.15, -0.1) is 0 Å². The lowest BCUT2D eigenvalue weighted by Gasteiger charge is -2.27. The maximum Gasteiger partial charge on any atom is 0.120 e. The van der Waals surface area contributed by atoms with Gasteiger partial charge in [-0.1, -0.05) is 31.9 Å². The third-order valence-electron chi connectivity index (χ3n) is 4.30. The number of hydrogen-bond donors (Lipinski definition) is 2. The first-order valence-corrected chi connectivity index (χ1v) is 7.03. The second kappa shape index (κ2) is 5.31. The van der Waals surface area contributed by atoms with Crippen LogP contribution < -0.4 is 5.32 Å². The van der Waals surface area contributed by atoms with Crippen molar-refractivity contribution in [3.05, 3.63) is 29.3 Å². The van der Waals surface area contributed by atoms with Crippen LogP contribution in [0.1, 0.15) is 56.7 Å². The van der Waals surface area contributed by atoms with Crippen LogP contribution in [0.2, 0.25) is 0 Å². The van der Waals surface area contributed by atoms with E-state index >= 15 is 0 Å². The first kappa shape index (κ1) is 13.4. The molecule has 0 heterocycles. The van der Waals surface area contributed by atoms with Crippen LogP contribution in [0.3, 0.4) is 0 Å². The van der Waals surface area contributed by atoms with Crippen molar-refractivity contribution in [1.29, 1.82) is 0 Å². The summed E-state index contributed by atoms with van der Waals surface area (Å²) in [6.07, 6.45) is 5.38. The van der Waals surface area contributed by atoms with Crippen molar-refractivity contribution in [2.75, 3.05) is 6.54 Å². The molecule has 100 valence electrons. The fourth-order valence-electron chi connectivity index (χ4n) is 2.93. The topological polar surface area (TPSA) is 32.3 Å². The van der Waals surface area contributed by atoms with Crippen LogP contribution in [0.25, 0.3) is 0 Å². The van der Waals surface area contributed by atoms with Crippen LogP contribution in [-0.4, -0.2) is 11.7 Å². The molecule has 1 aromatic rings. The zero-order valence-corrected chi connectivity index (χ0v) is 11.8. The van der Waals surface area contributed by atoms with Gasteiger partial charge in [-0.25, -0.2) is 0 Å². The zero-order valence-electron chi connectivity index (χ0n) is 11.8. The summed E-state index contributed by atoms with van der Waals surface area (Å²) in [4.78, 5) is 0. The first-order chi connectivity index (χ1) is 8.50. The predicted molar refractivity (Wildman–Crippen MR) is 75.8 cm³/mol. The molecule has 1 aromatic carbocycles. The lowest BCUT2D eigenvalue weighted by atomic mass is 9.88. The van der Waals surface area contributed by atoms with Crippen LogP contribution in [0.15, 0.2) is 18.2 Å². The fourth-order valence-corrected chi connectivity index (χ4v) is 2.93. The molecule has 2 rings (SSSR count). The van der Waals surface area contributed by atoms with Crippen LogP contribution in [0.5, 0.6) is 5.75 Å². The average molecular weight is 247 g/mol. The standard InChI is InChI=1S/C16H25NO/c1-12-6-7-14(15(18)10-12)13(2)17-11-16(3)8-4-5-9-16/h6-7,10,13,17-18H,4-5,8-9,11H2,1-3H3. The van der Waals surface area contributed by atoms with Gasteiger partial charge < -0.3 is 10.4 Å². The molecule has 2 N–H and O–H groups in total. The Bertz CT molecular complexity index is 408. The average Bonchev–Trinajstić information content (AvgIpc) is 2.74. The largest absolute Gasteiger partial charge is 0.508 e. The van der Waals surface area contributed by atoms with E-state index in [1.165, 1.54) is 25.7 Å². The van der Waals surface area contributed by atoms with Gasteiger partial charge in [-0.3, -0.25) is 0 Å². The molecule has 1 saturated carbocycles. The number of aryl methyl sites for hydroxylation is 1. The smallest absolute Gasteiger partial charge is 0.120 e. The van der Waals surface area contributed by atoms with Crippen molar-refractivity contribution in [1.82, 2.24) is 5.32 Å².